The fourth-order valence-corrected chi connectivity index (χ4v) is 4.93. The molecule has 0 saturated heterocycles. The van der Waals surface area contributed by atoms with Crippen LogP contribution in [0.5, 0.6) is 5.75 Å². The van der Waals surface area contributed by atoms with Gasteiger partial charge in [-0.1, -0.05) is 52.2 Å². The van der Waals surface area contributed by atoms with E-state index in [0.717, 1.165) is 61.4 Å². The molecule has 2 aromatic rings. The highest BCUT2D eigenvalue weighted by Gasteiger charge is 2.28. The topological polar surface area (TPSA) is 90.6 Å². The summed E-state index contributed by atoms with van der Waals surface area (Å²) < 4.78 is 2.67. The van der Waals surface area contributed by atoms with Gasteiger partial charge in [0.2, 0.25) is 5.95 Å². The third kappa shape index (κ3) is 8.88. The Kier molecular flexibility index (Phi) is 13.2. The number of aromatic nitrogens is 2. The quantitative estimate of drug-likeness (QED) is 0.271. The third-order valence-electron chi connectivity index (χ3n) is 6.55. The molecule has 0 unspecified atom stereocenters. The van der Waals surface area contributed by atoms with Gasteiger partial charge in [0.25, 0.3) is 5.91 Å². The molecule has 37 heavy (non-hydrogen) atoms. The van der Waals surface area contributed by atoms with Crippen LogP contribution in [0.25, 0.3) is 0 Å². The minimum Gasteiger partial charge on any atom is -0.507 e. The monoisotopic (exact) mass is 576 g/mol. The standard InChI is InChI=1S/C26H37BrN4O2.C3H8O/c1-5-7-13-22-24(25(33)30(6-2)18(3)4)31(17-19-14-15-23(32)21(27)16-19)26(29-22)28-20-11-9-8-10-12-20;1-2-3-4/h14-16,20,32H,3,5-13,17H2,1-2,4H3,(H,28,29);4H,2-3H2,1H3. The Bertz CT molecular complexity index is 1010. The molecule has 8 heteroatoms. The van der Waals surface area contributed by atoms with Gasteiger partial charge in [-0.3, -0.25) is 4.79 Å². The van der Waals surface area contributed by atoms with E-state index in [4.69, 9.17) is 10.1 Å². The fourth-order valence-electron chi connectivity index (χ4n) is 4.50. The van der Waals surface area contributed by atoms with Gasteiger partial charge in [0.1, 0.15) is 11.4 Å². The smallest absolute Gasteiger partial charge is 0.276 e. The van der Waals surface area contributed by atoms with Crippen LogP contribution < -0.4 is 5.32 Å². The highest BCUT2D eigenvalue weighted by molar-refractivity contribution is 9.10. The number of anilines is 1. The van der Waals surface area contributed by atoms with E-state index < -0.39 is 0 Å². The van der Waals surface area contributed by atoms with Crippen molar-refractivity contribution in [3.63, 3.8) is 0 Å². The first-order chi connectivity index (χ1) is 17.8. The lowest BCUT2D eigenvalue weighted by Crippen LogP contribution is -2.32. The van der Waals surface area contributed by atoms with Gasteiger partial charge >= 0.3 is 0 Å². The van der Waals surface area contributed by atoms with Crippen molar-refractivity contribution in [1.82, 2.24) is 14.5 Å². The lowest BCUT2D eigenvalue weighted by Gasteiger charge is -2.25. The molecule has 0 atom stereocenters. The molecule has 1 aromatic carbocycles. The van der Waals surface area contributed by atoms with Crippen LogP contribution in [0.2, 0.25) is 0 Å². The van der Waals surface area contributed by atoms with Gasteiger partial charge in [-0.25, -0.2) is 4.98 Å². The minimum absolute atomic E-state index is 0.0573. The fraction of sp³-hybridized carbons (Fsp3) is 0.586. The molecule has 3 N–H and O–H groups in total. The van der Waals surface area contributed by atoms with Crippen LogP contribution in [-0.4, -0.2) is 49.8 Å². The van der Waals surface area contributed by atoms with Gasteiger partial charge in [0.05, 0.1) is 16.7 Å². The summed E-state index contributed by atoms with van der Waals surface area (Å²) >= 11 is 3.42. The molecule has 3 rings (SSSR count). The number of aliphatic hydroxyl groups excluding tert-OH is 1. The van der Waals surface area contributed by atoms with Crippen molar-refractivity contribution in [1.29, 1.82) is 0 Å². The molecule has 0 radical (unpaired) electrons. The van der Waals surface area contributed by atoms with Crippen LogP contribution >= 0.6 is 15.9 Å². The molecule has 1 heterocycles. The van der Waals surface area contributed by atoms with E-state index in [-0.39, 0.29) is 11.7 Å². The number of unbranched alkanes of at least 4 members (excludes halogenated alkanes) is 1. The summed E-state index contributed by atoms with van der Waals surface area (Å²) in [4.78, 5) is 20.5. The van der Waals surface area contributed by atoms with Crippen molar-refractivity contribution >= 4 is 27.8 Å². The van der Waals surface area contributed by atoms with E-state index in [9.17, 15) is 9.90 Å². The molecule has 1 saturated carbocycles. The first-order valence-corrected chi connectivity index (χ1v) is 14.5. The SMILES string of the molecule is C=C(C)N(CC)C(=O)c1c(CCCC)nc(NC2CCCCC2)n1Cc1ccc(O)c(Br)c1.CCCO. The summed E-state index contributed by atoms with van der Waals surface area (Å²) in [5, 5.41) is 21.5. The predicted octanol–water partition coefficient (Wildman–Crippen LogP) is 6.87. The molecular formula is C29H45BrN4O3. The van der Waals surface area contributed by atoms with Crippen LogP contribution in [-0.2, 0) is 13.0 Å². The van der Waals surface area contributed by atoms with E-state index in [1.54, 1.807) is 11.0 Å². The highest BCUT2D eigenvalue weighted by atomic mass is 79.9. The number of benzene rings is 1. The Balaban J connectivity index is 0.00000112. The van der Waals surface area contributed by atoms with Gasteiger partial charge in [-0.2, -0.15) is 0 Å². The van der Waals surface area contributed by atoms with Gasteiger partial charge in [-0.05, 0) is 79.6 Å². The van der Waals surface area contributed by atoms with Crippen molar-refractivity contribution in [2.24, 2.45) is 0 Å². The second kappa shape index (κ2) is 15.8. The number of allylic oxidation sites excluding steroid dienone is 1. The molecule has 7 nitrogen and oxygen atoms in total. The van der Waals surface area contributed by atoms with Crippen molar-refractivity contribution < 1.29 is 15.0 Å². The summed E-state index contributed by atoms with van der Waals surface area (Å²) in [6.07, 6.45) is 9.61. The largest absolute Gasteiger partial charge is 0.507 e. The van der Waals surface area contributed by atoms with Gasteiger partial charge in [0.15, 0.2) is 0 Å². The number of carbonyl (C=O) groups excluding carboxylic acids is 1. The van der Waals surface area contributed by atoms with Crippen molar-refractivity contribution in [2.75, 3.05) is 18.5 Å². The number of carbonyl (C=O) groups is 1. The molecule has 0 aliphatic heterocycles. The Morgan fingerprint density at radius 1 is 1.22 bits per heavy atom. The number of rotatable bonds is 11. The summed E-state index contributed by atoms with van der Waals surface area (Å²) in [5.41, 5.74) is 3.19. The number of aryl methyl sites for hydroxylation is 1. The number of nitrogens with zero attached hydrogens (tertiary/aromatic N) is 3. The molecule has 1 fully saturated rings. The molecule has 206 valence electrons. The van der Waals surface area contributed by atoms with Crippen LogP contribution in [0, 0.1) is 0 Å². The van der Waals surface area contributed by atoms with E-state index in [1.807, 2.05) is 37.5 Å². The van der Waals surface area contributed by atoms with Crippen molar-refractivity contribution in [3.8, 4) is 5.75 Å². The number of amides is 1. The average molecular weight is 578 g/mol. The average Bonchev–Trinajstić information content (AvgIpc) is 3.22. The van der Waals surface area contributed by atoms with Gasteiger partial charge in [0, 0.05) is 24.9 Å². The normalized spacial score (nSPS) is 13.6. The zero-order chi connectivity index (χ0) is 27.4. The Morgan fingerprint density at radius 2 is 1.89 bits per heavy atom. The van der Waals surface area contributed by atoms with Gasteiger partial charge < -0.3 is 25.0 Å². The number of aromatic hydroxyl groups is 1. The maximum Gasteiger partial charge on any atom is 0.276 e. The van der Waals surface area contributed by atoms with Crippen molar-refractivity contribution in [2.45, 2.75) is 98.1 Å². The third-order valence-corrected chi connectivity index (χ3v) is 7.18. The van der Waals surface area contributed by atoms with E-state index in [1.165, 1.54) is 19.3 Å². The van der Waals surface area contributed by atoms with Gasteiger partial charge in [-0.15, -0.1) is 0 Å². The van der Waals surface area contributed by atoms with Crippen LogP contribution in [0.4, 0.5) is 5.95 Å². The summed E-state index contributed by atoms with van der Waals surface area (Å²) in [5.74, 6) is 0.903. The Labute approximate surface area is 231 Å². The van der Waals surface area contributed by atoms with E-state index in [0.29, 0.717) is 35.9 Å². The van der Waals surface area contributed by atoms with Crippen LogP contribution in [0.1, 0.15) is 101 Å². The number of hydrogen-bond donors (Lipinski definition) is 3. The lowest BCUT2D eigenvalue weighted by atomic mass is 9.96. The number of phenolic OH excluding ortho intramolecular Hbond substituents is 1. The van der Waals surface area contributed by atoms with Crippen LogP contribution in [0.15, 0.2) is 34.9 Å². The minimum atomic E-state index is -0.0573. The molecule has 1 aliphatic rings. The number of imidazole rings is 1. The zero-order valence-corrected chi connectivity index (χ0v) is 24.6. The molecule has 0 spiro atoms. The second-order valence-electron chi connectivity index (χ2n) is 9.69. The first kappa shape index (κ1) is 30.9. The highest BCUT2D eigenvalue weighted by Crippen LogP contribution is 2.29. The van der Waals surface area contributed by atoms with Crippen molar-refractivity contribution in [3.05, 3.63) is 51.9 Å². The molecule has 1 aliphatic carbocycles. The number of phenols is 1. The maximum atomic E-state index is 13.8. The molecular weight excluding hydrogens is 532 g/mol. The summed E-state index contributed by atoms with van der Waals surface area (Å²) in [6, 6.07) is 5.84. The second-order valence-corrected chi connectivity index (χ2v) is 10.5. The van der Waals surface area contributed by atoms with Crippen LogP contribution in [0.3, 0.4) is 0 Å². The summed E-state index contributed by atoms with van der Waals surface area (Å²) in [6.45, 7) is 13.3. The summed E-state index contributed by atoms with van der Waals surface area (Å²) in [7, 11) is 0. The first-order valence-electron chi connectivity index (χ1n) is 13.7. The molecule has 0 bridgehead atoms. The molecule has 1 amide bonds. The Morgan fingerprint density at radius 3 is 2.43 bits per heavy atom. The number of hydrogen-bond acceptors (Lipinski definition) is 5. The van der Waals surface area contributed by atoms with E-state index in [2.05, 4.69) is 34.7 Å². The lowest BCUT2D eigenvalue weighted by molar-refractivity contribution is 0.0802. The maximum absolute atomic E-state index is 13.8. The predicted molar refractivity (Wildman–Crippen MR) is 155 cm³/mol. The zero-order valence-electron chi connectivity index (χ0n) is 23.0. The number of aliphatic hydroxyl groups is 1. The molecule has 1 aromatic heterocycles. The van der Waals surface area contributed by atoms with E-state index >= 15 is 0 Å². The number of halogens is 1. The Hall–Kier alpha value is -2.32. The number of nitrogens with one attached hydrogen (secondary N) is 1.